The number of benzene rings is 1. The Balaban J connectivity index is 1.60. The zero-order valence-corrected chi connectivity index (χ0v) is 17.7. The third-order valence-electron chi connectivity index (χ3n) is 4.21. The van der Waals surface area contributed by atoms with Crippen LogP contribution >= 0.6 is 23.1 Å². The molecule has 8 heteroatoms. The Hall–Kier alpha value is -2.45. The van der Waals surface area contributed by atoms with E-state index in [1.807, 2.05) is 13.8 Å². The van der Waals surface area contributed by atoms with Crippen molar-refractivity contribution in [3.8, 4) is 0 Å². The van der Waals surface area contributed by atoms with Gasteiger partial charge in [-0.3, -0.25) is 4.79 Å². The molecule has 0 amide bonds. The van der Waals surface area contributed by atoms with Crippen molar-refractivity contribution < 1.29 is 19.1 Å². The topological polar surface area (TPSA) is 78.4 Å². The van der Waals surface area contributed by atoms with Gasteiger partial charge >= 0.3 is 11.9 Å². The Morgan fingerprint density at radius 2 is 1.82 bits per heavy atom. The number of thioether (sulfide) groups is 1. The van der Waals surface area contributed by atoms with E-state index in [0.717, 1.165) is 26.4 Å². The van der Waals surface area contributed by atoms with Gasteiger partial charge in [-0.25, -0.2) is 14.8 Å². The Kier molecular flexibility index (Phi) is 6.31. The third kappa shape index (κ3) is 4.51. The lowest BCUT2D eigenvalue weighted by molar-refractivity contribution is -0.141. The Morgan fingerprint density at radius 3 is 2.50 bits per heavy atom. The zero-order chi connectivity index (χ0) is 20.3. The van der Waals surface area contributed by atoms with E-state index >= 15 is 0 Å². The molecule has 2 aromatic heterocycles. The van der Waals surface area contributed by atoms with Crippen LogP contribution in [0.5, 0.6) is 0 Å². The van der Waals surface area contributed by atoms with E-state index in [4.69, 9.17) is 4.74 Å². The summed E-state index contributed by atoms with van der Waals surface area (Å²) in [6.45, 7) is 6.11. The normalized spacial score (nSPS) is 10.9. The smallest absolute Gasteiger partial charge is 0.337 e. The lowest BCUT2D eigenvalue weighted by Gasteiger charge is -2.07. The lowest BCUT2D eigenvalue weighted by atomic mass is 10.1. The molecule has 28 heavy (non-hydrogen) atoms. The number of aromatic nitrogens is 2. The summed E-state index contributed by atoms with van der Waals surface area (Å²) < 4.78 is 10.00. The van der Waals surface area contributed by atoms with Crippen molar-refractivity contribution in [3.05, 3.63) is 51.7 Å². The van der Waals surface area contributed by atoms with Crippen LogP contribution in [0.3, 0.4) is 0 Å². The van der Waals surface area contributed by atoms with Gasteiger partial charge in [-0.2, -0.15) is 0 Å². The molecule has 0 N–H and O–H groups in total. The maximum absolute atomic E-state index is 12.2. The minimum absolute atomic E-state index is 0.148. The van der Waals surface area contributed by atoms with Gasteiger partial charge in [0.2, 0.25) is 0 Å². The van der Waals surface area contributed by atoms with Crippen molar-refractivity contribution in [2.45, 2.75) is 32.4 Å². The van der Waals surface area contributed by atoms with Gasteiger partial charge in [-0.1, -0.05) is 23.9 Å². The molecule has 0 unspecified atom stereocenters. The van der Waals surface area contributed by atoms with Crippen LogP contribution in [0.25, 0.3) is 10.2 Å². The number of fused-ring (bicyclic) bond motifs is 1. The first-order chi connectivity index (χ1) is 13.4. The molecule has 0 bridgehead atoms. The van der Waals surface area contributed by atoms with E-state index < -0.39 is 5.97 Å². The number of nitrogens with zero attached hydrogens (tertiary/aromatic N) is 2. The lowest BCUT2D eigenvalue weighted by Crippen LogP contribution is -2.08. The molecule has 0 spiro atoms. The second-order valence-corrected chi connectivity index (χ2v) is 8.34. The molecule has 0 aliphatic carbocycles. The van der Waals surface area contributed by atoms with Crippen molar-refractivity contribution in [2.24, 2.45) is 0 Å². The second-order valence-electron chi connectivity index (χ2n) is 6.18. The summed E-state index contributed by atoms with van der Waals surface area (Å²) in [5.41, 5.74) is 2.41. The first-order valence-electron chi connectivity index (χ1n) is 8.59. The molecule has 0 radical (unpaired) electrons. The number of hydrogen-bond acceptors (Lipinski definition) is 8. The standard InChI is InChI=1S/C20H20N2O4S2/c1-11-12(2)28-19-17(11)18(21-13(3)22-19)27-10-16(23)26-9-14-5-7-15(8-6-14)20(24)25-4/h5-8H,9-10H2,1-4H3. The molecule has 0 fully saturated rings. The number of rotatable bonds is 6. The summed E-state index contributed by atoms with van der Waals surface area (Å²) >= 11 is 3.00. The molecule has 3 aromatic rings. The minimum Gasteiger partial charge on any atom is -0.465 e. The molecular formula is C20H20N2O4S2. The van der Waals surface area contributed by atoms with Gasteiger partial charge in [0.05, 0.1) is 18.4 Å². The molecule has 0 aliphatic heterocycles. The maximum atomic E-state index is 12.2. The number of thiophene rings is 1. The van der Waals surface area contributed by atoms with Gasteiger partial charge in [0.25, 0.3) is 0 Å². The van der Waals surface area contributed by atoms with Crippen molar-refractivity contribution >= 4 is 45.3 Å². The number of methoxy groups -OCH3 is 1. The average Bonchev–Trinajstić information content (AvgIpc) is 2.97. The largest absolute Gasteiger partial charge is 0.465 e. The molecule has 0 aliphatic rings. The van der Waals surface area contributed by atoms with Gasteiger partial charge in [-0.15, -0.1) is 11.3 Å². The first-order valence-corrected chi connectivity index (χ1v) is 10.4. The molecule has 0 saturated heterocycles. The highest BCUT2D eigenvalue weighted by Crippen LogP contribution is 2.35. The van der Waals surface area contributed by atoms with Gasteiger partial charge in [0.15, 0.2) is 0 Å². The number of carbonyl (C=O) groups excluding carboxylic acids is 2. The first kappa shape index (κ1) is 20.3. The van der Waals surface area contributed by atoms with E-state index in [2.05, 4.69) is 21.6 Å². The van der Waals surface area contributed by atoms with Crippen molar-refractivity contribution in [2.75, 3.05) is 12.9 Å². The van der Waals surface area contributed by atoms with Crippen molar-refractivity contribution in [1.29, 1.82) is 0 Å². The van der Waals surface area contributed by atoms with Crippen LogP contribution in [0, 0.1) is 20.8 Å². The van der Waals surface area contributed by atoms with Crippen LogP contribution in [0.1, 0.15) is 32.2 Å². The number of carbonyl (C=O) groups is 2. The van der Waals surface area contributed by atoms with Crippen molar-refractivity contribution in [3.63, 3.8) is 0 Å². The summed E-state index contributed by atoms with van der Waals surface area (Å²) in [6, 6.07) is 6.76. The van der Waals surface area contributed by atoms with E-state index in [1.54, 1.807) is 35.6 Å². The van der Waals surface area contributed by atoms with Gasteiger partial charge in [0, 0.05) is 10.3 Å². The fourth-order valence-corrected chi connectivity index (χ4v) is 4.67. The molecule has 0 saturated carbocycles. The van der Waals surface area contributed by atoms with E-state index in [0.29, 0.717) is 11.4 Å². The molecule has 1 aromatic carbocycles. The zero-order valence-electron chi connectivity index (χ0n) is 16.1. The summed E-state index contributed by atoms with van der Waals surface area (Å²) in [5.74, 6) is 0.136. The highest BCUT2D eigenvalue weighted by Gasteiger charge is 2.15. The molecule has 3 rings (SSSR count). The van der Waals surface area contributed by atoms with Crippen LogP contribution in [-0.2, 0) is 20.9 Å². The van der Waals surface area contributed by atoms with Crippen LogP contribution in [0.15, 0.2) is 29.3 Å². The summed E-state index contributed by atoms with van der Waals surface area (Å²) in [5, 5.41) is 1.83. The van der Waals surface area contributed by atoms with E-state index in [1.165, 1.54) is 23.7 Å². The summed E-state index contributed by atoms with van der Waals surface area (Å²) in [6.07, 6.45) is 0. The van der Waals surface area contributed by atoms with E-state index in [9.17, 15) is 9.59 Å². The third-order valence-corrected chi connectivity index (χ3v) is 6.26. The van der Waals surface area contributed by atoms with Gasteiger partial charge in [-0.05, 0) is 44.0 Å². The average molecular weight is 417 g/mol. The monoisotopic (exact) mass is 416 g/mol. The van der Waals surface area contributed by atoms with Gasteiger partial charge in [0.1, 0.15) is 22.3 Å². The molecule has 2 heterocycles. The highest BCUT2D eigenvalue weighted by atomic mass is 32.2. The van der Waals surface area contributed by atoms with Crippen LogP contribution < -0.4 is 0 Å². The molecular weight excluding hydrogens is 396 g/mol. The van der Waals surface area contributed by atoms with Crippen LogP contribution in [0.4, 0.5) is 0 Å². The Bertz CT molecular complexity index is 1030. The minimum atomic E-state index is -0.398. The van der Waals surface area contributed by atoms with E-state index in [-0.39, 0.29) is 18.3 Å². The summed E-state index contributed by atoms with van der Waals surface area (Å²) in [7, 11) is 1.33. The van der Waals surface area contributed by atoms with Crippen LogP contribution in [-0.4, -0.2) is 34.8 Å². The highest BCUT2D eigenvalue weighted by molar-refractivity contribution is 8.00. The predicted molar refractivity (Wildman–Crippen MR) is 110 cm³/mol. The Morgan fingerprint density at radius 1 is 1.11 bits per heavy atom. The molecule has 146 valence electrons. The molecule has 0 atom stereocenters. The number of aryl methyl sites for hydroxylation is 3. The fraction of sp³-hybridized carbons (Fsp3) is 0.300. The predicted octanol–water partition coefficient (Wildman–Crippen LogP) is 4.24. The maximum Gasteiger partial charge on any atom is 0.337 e. The molecule has 6 nitrogen and oxygen atoms in total. The van der Waals surface area contributed by atoms with Crippen molar-refractivity contribution in [1.82, 2.24) is 9.97 Å². The van der Waals surface area contributed by atoms with Gasteiger partial charge < -0.3 is 9.47 Å². The number of hydrogen-bond donors (Lipinski definition) is 0. The quantitative estimate of drug-likeness (QED) is 0.338. The summed E-state index contributed by atoms with van der Waals surface area (Å²) in [4.78, 5) is 34.7. The SMILES string of the molecule is COC(=O)c1ccc(COC(=O)CSc2nc(C)nc3sc(C)c(C)c23)cc1. The van der Waals surface area contributed by atoms with Crippen LogP contribution in [0.2, 0.25) is 0 Å². The fourth-order valence-electron chi connectivity index (χ4n) is 2.61. The second kappa shape index (κ2) is 8.70. The number of esters is 2. The Labute approximate surface area is 171 Å². The number of ether oxygens (including phenoxy) is 2.